The van der Waals surface area contributed by atoms with E-state index in [9.17, 15) is 0 Å². The molecule has 0 aromatic rings. The smallest absolute Gasteiger partial charge is 0.0107 e. The first-order valence-electron chi connectivity index (χ1n) is 7.10. The van der Waals surface area contributed by atoms with E-state index in [4.69, 9.17) is 0 Å². The summed E-state index contributed by atoms with van der Waals surface area (Å²) in [6.45, 7) is 14.1. The second-order valence-corrected chi connectivity index (χ2v) is 5.81. The molecule has 0 radical (unpaired) electrons. The van der Waals surface area contributed by atoms with Gasteiger partial charge >= 0.3 is 0 Å². The Kier molecular flexibility index (Phi) is 9.16. The Labute approximate surface area is 111 Å². The second kappa shape index (κ2) is 10.2. The van der Waals surface area contributed by atoms with Crippen molar-refractivity contribution in [3.05, 3.63) is 0 Å². The van der Waals surface area contributed by atoms with E-state index in [1.165, 1.54) is 57.2 Å². The molecule has 102 valence electrons. The summed E-state index contributed by atoms with van der Waals surface area (Å²) in [5.74, 6) is 2.67. The lowest BCUT2D eigenvalue weighted by molar-refractivity contribution is 0.279. The molecule has 0 saturated carbocycles. The van der Waals surface area contributed by atoms with Crippen LogP contribution in [0.15, 0.2) is 0 Å². The summed E-state index contributed by atoms with van der Waals surface area (Å²) in [4.78, 5) is 5.07. The van der Waals surface area contributed by atoms with Crippen LogP contribution in [0.2, 0.25) is 0 Å². The standard InChI is InChI=1S/C13H29N3S/c1-3-15(4-2)9-6-14-7-10-16-8-5-12-17-13-11-16/h14H,3-13H2,1-2H3. The average molecular weight is 259 g/mol. The number of likely N-dealkylation sites (N-methyl/N-ethyl adjacent to an activating group) is 1. The lowest BCUT2D eigenvalue weighted by Crippen LogP contribution is -2.37. The largest absolute Gasteiger partial charge is 0.314 e. The van der Waals surface area contributed by atoms with Gasteiger partial charge in [0, 0.05) is 38.5 Å². The van der Waals surface area contributed by atoms with Gasteiger partial charge in [-0.3, -0.25) is 0 Å². The van der Waals surface area contributed by atoms with Crippen molar-refractivity contribution in [2.45, 2.75) is 20.3 Å². The van der Waals surface area contributed by atoms with E-state index in [1.807, 2.05) is 0 Å². The van der Waals surface area contributed by atoms with Crippen LogP contribution >= 0.6 is 11.8 Å². The molecule has 1 heterocycles. The van der Waals surface area contributed by atoms with E-state index in [0.717, 1.165) is 13.1 Å². The van der Waals surface area contributed by atoms with Gasteiger partial charge in [-0.05, 0) is 31.8 Å². The highest BCUT2D eigenvalue weighted by Crippen LogP contribution is 2.08. The molecule has 0 atom stereocenters. The highest BCUT2D eigenvalue weighted by atomic mass is 32.2. The molecule has 0 aliphatic carbocycles. The quantitative estimate of drug-likeness (QED) is 0.663. The van der Waals surface area contributed by atoms with Gasteiger partial charge in [0.1, 0.15) is 0 Å². The number of hydrogen-bond acceptors (Lipinski definition) is 4. The number of nitrogens with one attached hydrogen (secondary N) is 1. The molecule has 0 spiro atoms. The topological polar surface area (TPSA) is 18.5 Å². The molecule has 0 amide bonds. The van der Waals surface area contributed by atoms with Crippen molar-refractivity contribution in [2.75, 3.05) is 63.9 Å². The molecule has 0 aromatic heterocycles. The van der Waals surface area contributed by atoms with Crippen LogP contribution in [0.25, 0.3) is 0 Å². The lowest BCUT2D eigenvalue weighted by atomic mass is 10.4. The Morgan fingerprint density at radius 3 is 2.71 bits per heavy atom. The Balaban J connectivity index is 1.95. The third kappa shape index (κ3) is 7.29. The summed E-state index contributed by atoms with van der Waals surface area (Å²) in [6.07, 6.45) is 1.37. The Morgan fingerprint density at radius 2 is 1.94 bits per heavy atom. The van der Waals surface area contributed by atoms with Crippen LogP contribution in [0.4, 0.5) is 0 Å². The molecule has 0 bridgehead atoms. The van der Waals surface area contributed by atoms with Gasteiger partial charge in [-0.15, -0.1) is 0 Å². The zero-order valence-electron chi connectivity index (χ0n) is 11.6. The summed E-state index contributed by atoms with van der Waals surface area (Å²) >= 11 is 2.10. The van der Waals surface area contributed by atoms with Crippen molar-refractivity contribution < 1.29 is 0 Å². The van der Waals surface area contributed by atoms with Crippen molar-refractivity contribution in [1.82, 2.24) is 15.1 Å². The fraction of sp³-hybridized carbons (Fsp3) is 1.00. The van der Waals surface area contributed by atoms with Crippen LogP contribution in [0.5, 0.6) is 0 Å². The average Bonchev–Trinajstić information content (AvgIpc) is 2.62. The van der Waals surface area contributed by atoms with Gasteiger partial charge in [-0.25, -0.2) is 0 Å². The number of rotatable bonds is 8. The second-order valence-electron chi connectivity index (χ2n) is 4.58. The van der Waals surface area contributed by atoms with Gasteiger partial charge in [0.25, 0.3) is 0 Å². The predicted molar refractivity (Wildman–Crippen MR) is 79.0 cm³/mol. The summed E-state index contributed by atoms with van der Waals surface area (Å²) in [5, 5.41) is 3.56. The Bertz CT molecular complexity index is 166. The van der Waals surface area contributed by atoms with E-state index in [1.54, 1.807) is 0 Å². The molecule has 1 saturated heterocycles. The minimum atomic E-state index is 1.13. The molecular weight excluding hydrogens is 230 g/mol. The third-order valence-corrected chi connectivity index (χ3v) is 4.47. The van der Waals surface area contributed by atoms with Gasteiger partial charge < -0.3 is 15.1 Å². The maximum atomic E-state index is 3.56. The number of nitrogens with zero attached hydrogens (tertiary/aromatic N) is 2. The molecule has 0 aromatic carbocycles. The number of thioether (sulfide) groups is 1. The van der Waals surface area contributed by atoms with Crippen LogP contribution in [-0.2, 0) is 0 Å². The zero-order chi connectivity index (χ0) is 12.3. The summed E-state index contributed by atoms with van der Waals surface area (Å²) in [6, 6.07) is 0. The highest BCUT2D eigenvalue weighted by Gasteiger charge is 2.07. The van der Waals surface area contributed by atoms with Gasteiger partial charge in [-0.2, -0.15) is 11.8 Å². The molecule has 1 aliphatic heterocycles. The first-order valence-corrected chi connectivity index (χ1v) is 8.25. The summed E-state index contributed by atoms with van der Waals surface area (Å²) in [5.41, 5.74) is 0. The number of hydrogen-bond donors (Lipinski definition) is 1. The molecule has 1 fully saturated rings. The fourth-order valence-corrected chi connectivity index (χ4v) is 3.09. The van der Waals surface area contributed by atoms with Gasteiger partial charge in [0.05, 0.1) is 0 Å². The molecule has 0 unspecified atom stereocenters. The van der Waals surface area contributed by atoms with Crippen LogP contribution in [-0.4, -0.2) is 73.7 Å². The van der Waals surface area contributed by atoms with E-state index in [0.29, 0.717) is 0 Å². The highest BCUT2D eigenvalue weighted by molar-refractivity contribution is 7.99. The molecule has 3 nitrogen and oxygen atoms in total. The van der Waals surface area contributed by atoms with E-state index >= 15 is 0 Å². The first kappa shape index (κ1) is 15.3. The van der Waals surface area contributed by atoms with Gasteiger partial charge in [-0.1, -0.05) is 13.8 Å². The van der Waals surface area contributed by atoms with Crippen LogP contribution < -0.4 is 5.32 Å². The Hall–Kier alpha value is 0.230. The minimum Gasteiger partial charge on any atom is -0.314 e. The van der Waals surface area contributed by atoms with Crippen molar-refractivity contribution in [1.29, 1.82) is 0 Å². The molecule has 4 heteroatoms. The maximum absolute atomic E-state index is 3.56. The molecular formula is C13H29N3S. The summed E-state index contributed by atoms with van der Waals surface area (Å²) in [7, 11) is 0. The monoisotopic (exact) mass is 259 g/mol. The molecule has 17 heavy (non-hydrogen) atoms. The molecule has 1 rings (SSSR count). The fourth-order valence-electron chi connectivity index (χ4n) is 2.16. The van der Waals surface area contributed by atoms with Gasteiger partial charge in [0.2, 0.25) is 0 Å². The van der Waals surface area contributed by atoms with Gasteiger partial charge in [0.15, 0.2) is 0 Å². The van der Waals surface area contributed by atoms with Crippen molar-refractivity contribution in [3.63, 3.8) is 0 Å². The van der Waals surface area contributed by atoms with Crippen molar-refractivity contribution in [2.24, 2.45) is 0 Å². The third-order valence-electron chi connectivity index (χ3n) is 3.42. The maximum Gasteiger partial charge on any atom is 0.0107 e. The lowest BCUT2D eigenvalue weighted by Gasteiger charge is -2.21. The van der Waals surface area contributed by atoms with Crippen LogP contribution in [0.3, 0.4) is 0 Å². The first-order chi connectivity index (χ1) is 8.36. The minimum absolute atomic E-state index is 1.13. The predicted octanol–water partition coefficient (Wildman–Crippen LogP) is 1.36. The molecule has 1 N–H and O–H groups in total. The van der Waals surface area contributed by atoms with Crippen molar-refractivity contribution >= 4 is 11.8 Å². The van der Waals surface area contributed by atoms with E-state index in [-0.39, 0.29) is 0 Å². The van der Waals surface area contributed by atoms with E-state index < -0.39 is 0 Å². The normalized spacial score (nSPS) is 18.5. The SMILES string of the molecule is CCN(CC)CCNCCN1CCCSCC1. The molecule has 1 aliphatic rings. The summed E-state index contributed by atoms with van der Waals surface area (Å²) < 4.78 is 0. The van der Waals surface area contributed by atoms with Crippen LogP contribution in [0, 0.1) is 0 Å². The zero-order valence-corrected chi connectivity index (χ0v) is 12.4. The van der Waals surface area contributed by atoms with Crippen LogP contribution in [0.1, 0.15) is 20.3 Å². The Morgan fingerprint density at radius 1 is 1.12 bits per heavy atom. The van der Waals surface area contributed by atoms with Crippen molar-refractivity contribution in [3.8, 4) is 0 Å². The van der Waals surface area contributed by atoms with E-state index in [2.05, 4.69) is 40.7 Å².